The zero-order valence-electron chi connectivity index (χ0n) is 10.4. The van der Waals surface area contributed by atoms with E-state index in [4.69, 9.17) is 16.3 Å². The van der Waals surface area contributed by atoms with Crippen LogP contribution in [0.1, 0.15) is 16.7 Å². The van der Waals surface area contributed by atoms with E-state index in [1.165, 1.54) is 5.56 Å². The number of aryl methyl sites for hydroxylation is 1. The lowest BCUT2D eigenvalue weighted by atomic mass is 10.1. The van der Waals surface area contributed by atoms with Gasteiger partial charge in [0.2, 0.25) is 0 Å². The molecule has 0 heterocycles. The average Bonchev–Trinajstić information content (AvgIpc) is 2.35. The molecule has 2 aromatic rings. The van der Waals surface area contributed by atoms with Crippen molar-refractivity contribution in [3.05, 3.63) is 58.1 Å². The predicted octanol–water partition coefficient (Wildman–Crippen LogP) is 4.24. The second kappa shape index (κ2) is 5.42. The van der Waals surface area contributed by atoms with Crippen LogP contribution in [0.2, 0.25) is 5.02 Å². The SMILES string of the molecule is Cc1cccc(Oc2cc(Cl)ccc2CO)c1C. The monoisotopic (exact) mass is 262 g/mol. The van der Waals surface area contributed by atoms with Crippen LogP contribution in [-0.4, -0.2) is 5.11 Å². The molecule has 0 aromatic heterocycles. The first kappa shape index (κ1) is 12.9. The fraction of sp³-hybridized carbons (Fsp3) is 0.200. The molecule has 94 valence electrons. The van der Waals surface area contributed by atoms with Gasteiger partial charge in [-0.25, -0.2) is 0 Å². The third kappa shape index (κ3) is 2.66. The predicted molar refractivity (Wildman–Crippen MR) is 73.4 cm³/mol. The molecule has 0 amide bonds. The van der Waals surface area contributed by atoms with Crippen LogP contribution in [0.3, 0.4) is 0 Å². The number of aliphatic hydroxyl groups excluding tert-OH is 1. The molecule has 0 aliphatic heterocycles. The Hall–Kier alpha value is -1.51. The number of hydrogen-bond acceptors (Lipinski definition) is 2. The van der Waals surface area contributed by atoms with E-state index in [1.807, 2.05) is 32.0 Å². The number of benzene rings is 2. The first-order valence-electron chi connectivity index (χ1n) is 5.75. The van der Waals surface area contributed by atoms with Crippen LogP contribution in [0.4, 0.5) is 0 Å². The standard InChI is InChI=1S/C15H15ClO2/c1-10-4-3-5-14(11(10)2)18-15-8-13(16)7-6-12(15)9-17/h3-8,17H,9H2,1-2H3. The fourth-order valence-electron chi connectivity index (χ4n) is 1.71. The van der Waals surface area contributed by atoms with Crippen molar-refractivity contribution in [1.29, 1.82) is 0 Å². The number of aliphatic hydroxyl groups is 1. The molecule has 18 heavy (non-hydrogen) atoms. The van der Waals surface area contributed by atoms with Crippen LogP contribution in [0, 0.1) is 13.8 Å². The van der Waals surface area contributed by atoms with Gasteiger partial charge in [-0.2, -0.15) is 0 Å². The maximum absolute atomic E-state index is 9.29. The molecule has 0 unspecified atom stereocenters. The summed E-state index contributed by atoms with van der Waals surface area (Å²) in [4.78, 5) is 0. The molecule has 2 aromatic carbocycles. The third-order valence-electron chi connectivity index (χ3n) is 2.97. The van der Waals surface area contributed by atoms with Gasteiger partial charge in [-0.3, -0.25) is 0 Å². The summed E-state index contributed by atoms with van der Waals surface area (Å²) in [6.07, 6.45) is 0. The van der Waals surface area contributed by atoms with E-state index in [2.05, 4.69) is 0 Å². The van der Waals surface area contributed by atoms with Crippen LogP contribution in [0.15, 0.2) is 36.4 Å². The van der Waals surface area contributed by atoms with Crippen molar-refractivity contribution in [1.82, 2.24) is 0 Å². The van der Waals surface area contributed by atoms with Crippen molar-refractivity contribution in [3.8, 4) is 11.5 Å². The van der Waals surface area contributed by atoms with Crippen molar-refractivity contribution in [2.24, 2.45) is 0 Å². The summed E-state index contributed by atoms with van der Waals surface area (Å²) in [5, 5.41) is 9.88. The first-order chi connectivity index (χ1) is 8.61. The molecule has 0 aliphatic carbocycles. The van der Waals surface area contributed by atoms with Gasteiger partial charge in [0.05, 0.1) is 6.61 Å². The lowest BCUT2D eigenvalue weighted by molar-refractivity contribution is 0.276. The van der Waals surface area contributed by atoms with E-state index in [0.29, 0.717) is 10.8 Å². The summed E-state index contributed by atoms with van der Waals surface area (Å²) in [6, 6.07) is 11.1. The second-order valence-corrected chi connectivity index (χ2v) is 4.65. The molecular formula is C15H15ClO2. The Labute approximate surface area is 112 Å². The Morgan fingerprint density at radius 1 is 1.11 bits per heavy atom. The summed E-state index contributed by atoms with van der Waals surface area (Å²) >= 11 is 5.95. The van der Waals surface area contributed by atoms with E-state index >= 15 is 0 Å². The number of ether oxygens (including phenoxy) is 1. The minimum atomic E-state index is -0.0721. The summed E-state index contributed by atoms with van der Waals surface area (Å²) in [7, 11) is 0. The highest BCUT2D eigenvalue weighted by Gasteiger charge is 2.08. The number of halogens is 1. The van der Waals surface area contributed by atoms with Gasteiger partial charge in [-0.1, -0.05) is 29.8 Å². The van der Waals surface area contributed by atoms with Crippen molar-refractivity contribution in [2.75, 3.05) is 0 Å². The van der Waals surface area contributed by atoms with Gasteiger partial charge in [0.15, 0.2) is 0 Å². The van der Waals surface area contributed by atoms with Crippen LogP contribution < -0.4 is 4.74 Å². The number of rotatable bonds is 3. The molecule has 2 nitrogen and oxygen atoms in total. The Morgan fingerprint density at radius 3 is 2.61 bits per heavy atom. The molecular weight excluding hydrogens is 248 g/mol. The molecule has 0 radical (unpaired) electrons. The van der Waals surface area contributed by atoms with Crippen LogP contribution in [0.5, 0.6) is 11.5 Å². The van der Waals surface area contributed by atoms with Gasteiger partial charge in [-0.15, -0.1) is 0 Å². The largest absolute Gasteiger partial charge is 0.457 e. The van der Waals surface area contributed by atoms with Crippen molar-refractivity contribution >= 4 is 11.6 Å². The summed E-state index contributed by atoms with van der Waals surface area (Å²) in [5.74, 6) is 1.38. The molecule has 0 atom stereocenters. The number of hydrogen-bond donors (Lipinski definition) is 1. The van der Waals surface area contributed by atoms with Crippen molar-refractivity contribution in [2.45, 2.75) is 20.5 Å². The Morgan fingerprint density at radius 2 is 1.89 bits per heavy atom. The average molecular weight is 263 g/mol. The van der Waals surface area contributed by atoms with Crippen LogP contribution >= 0.6 is 11.6 Å². The van der Waals surface area contributed by atoms with Gasteiger partial charge in [0, 0.05) is 10.6 Å². The maximum Gasteiger partial charge on any atom is 0.134 e. The smallest absolute Gasteiger partial charge is 0.134 e. The molecule has 0 aliphatic rings. The molecule has 0 saturated carbocycles. The minimum absolute atomic E-state index is 0.0721. The van der Waals surface area contributed by atoms with Crippen LogP contribution in [-0.2, 0) is 6.61 Å². The van der Waals surface area contributed by atoms with E-state index in [0.717, 1.165) is 16.9 Å². The summed E-state index contributed by atoms with van der Waals surface area (Å²) in [5.41, 5.74) is 2.97. The van der Waals surface area contributed by atoms with Gasteiger partial charge >= 0.3 is 0 Å². The summed E-state index contributed by atoms with van der Waals surface area (Å²) in [6.45, 7) is 3.97. The van der Waals surface area contributed by atoms with E-state index in [1.54, 1.807) is 18.2 Å². The lowest BCUT2D eigenvalue weighted by Gasteiger charge is -2.13. The third-order valence-corrected chi connectivity index (χ3v) is 3.21. The second-order valence-electron chi connectivity index (χ2n) is 4.21. The molecule has 1 N–H and O–H groups in total. The van der Waals surface area contributed by atoms with Gasteiger partial charge in [0.25, 0.3) is 0 Å². The molecule has 3 heteroatoms. The molecule has 0 spiro atoms. The fourth-order valence-corrected chi connectivity index (χ4v) is 1.87. The minimum Gasteiger partial charge on any atom is -0.457 e. The highest BCUT2D eigenvalue weighted by atomic mass is 35.5. The van der Waals surface area contributed by atoms with E-state index in [-0.39, 0.29) is 6.61 Å². The lowest BCUT2D eigenvalue weighted by Crippen LogP contribution is -1.94. The van der Waals surface area contributed by atoms with Crippen LogP contribution in [0.25, 0.3) is 0 Å². The quantitative estimate of drug-likeness (QED) is 0.896. The van der Waals surface area contributed by atoms with Gasteiger partial charge in [0.1, 0.15) is 11.5 Å². The molecule has 0 fully saturated rings. The molecule has 0 saturated heterocycles. The first-order valence-corrected chi connectivity index (χ1v) is 6.13. The Balaban J connectivity index is 2.39. The van der Waals surface area contributed by atoms with Crippen molar-refractivity contribution < 1.29 is 9.84 Å². The maximum atomic E-state index is 9.29. The Kier molecular flexibility index (Phi) is 3.90. The van der Waals surface area contributed by atoms with Gasteiger partial charge in [-0.05, 0) is 43.2 Å². The molecule has 0 bridgehead atoms. The highest BCUT2D eigenvalue weighted by Crippen LogP contribution is 2.31. The van der Waals surface area contributed by atoms with E-state index < -0.39 is 0 Å². The Bertz CT molecular complexity index is 564. The highest BCUT2D eigenvalue weighted by molar-refractivity contribution is 6.30. The zero-order chi connectivity index (χ0) is 13.1. The van der Waals surface area contributed by atoms with E-state index in [9.17, 15) is 5.11 Å². The normalized spacial score (nSPS) is 10.4. The van der Waals surface area contributed by atoms with Crippen molar-refractivity contribution in [3.63, 3.8) is 0 Å². The topological polar surface area (TPSA) is 29.5 Å². The molecule has 2 rings (SSSR count). The summed E-state index contributed by atoms with van der Waals surface area (Å²) < 4.78 is 5.85. The van der Waals surface area contributed by atoms with Gasteiger partial charge < -0.3 is 9.84 Å². The zero-order valence-corrected chi connectivity index (χ0v) is 11.2.